The molecule has 3 aromatic rings. The molecule has 0 amide bonds. The predicted octanol–water partition coefficient (Wildman–Crippen LogP) is 5.65. The van der Waals surface area contributed by atoms with Crippen LogP contribution in [0.15, 0.2) is 77.8 Å². The largest absolute Gasteiger partial charge is 0.481 e. The van der Waals surface area contributed by atoms with Gasteiger partial charge in [-0.15, -0.1) is 37.2 Å². The molecule has 0 bridgehead atoms. The summed E-state index contributed by atoms with van der Waals surface area (Å²) in [5.41, 5.74) is 11.8. The number of hydrogen-bond acceptors (Lipinski definition) is 5. The van der Waals surface area contributed by atoms with Crippen LogP contribution in [0.3, 0.4) is 0 Å². The Bertz CT molecular complexity index is 1060. The average molecular weight is 524 g/mol. The van der Waals surface area contributed by atoms with Gasteiger partial charge in [-0.1, -0.05) is 60.7 Å². The highest BCUT2D eigenvalue weighted by Crippen LogP contribution is 2.32. The van der Waals surface area contributed by atoms with E-state index in [1.807, 2.05) is 25.1 Å². The van der Waals surface area contributed by atoms with Crippen LogP contribution in [-0.2, 0) is 13.1 Å². The van der Waals surface area contributed by atoms with Crippen molar-refractivity contribution in [2.75, 3.05) is 6.54 Å². The molecule has 5 nitrogen and oxygen atoms in total. The molecule has 3 aromatic carbocycles. The zero-order valence-corrected chi connectivity index (χ0v) is 21.8. The third-order valence-corrected chi connectivity index (χ3v) is 5.67. The predicted molar refractivity (Wildman–Crippen MR) is 148 cm³/mol. The lowest BCUT2D eigenvalue weighted by atomic mass is 10.1. The third-order valence-electron chi connectivity index (χ3n) is 5.67. The molecule has 2 unspecified atom stereocenters. The number of amidine groups is 1. The van der Waals surface area contributed by atoms with E-state index in [1.54, 1.807) is 0 Å². The quantitative estimate of drug-likeness (QED) is 0.357. The summed E-state index contributed by atoms with van der Waals surface area (Å²) in [6, 6.07) is 25.3. The number of fused-ring (bicyclic) bond motifs is 1. The first-order valence-electron chi connectivity index (χ1n) is 10.8. The van der Waals surface area contributed by atoms with Crippen LogP contribution in [0.4, 0.5) is 5.69 Å². The molecular weight excluding hydrogens is 491 g/mol. The van der Waals surface area contributed by atoms with Crippen LogP contribution < -0.4 is 21.1 Å². The van der Waals surface area contributed by atoms with E-state index in [-0.39, 0.29) is 49.4 Å². The Kier molecular flexibility index (Phi) is 12.4. The lowest BCUT2D eigenvalue weighted by Gasteiger charge is -2.23. The SMILES string of the molecule is Cc1ccccc1CNCC(NCc1ccc2c(c1)N=C(N)C(C)O2)c1ccccc1.Cl.Cl.Cl. The van der Waals surface area contributed by atoms with E-state index in [2.05, 4.69) is 77.1 Å². The summed E-state index contributed by atoms with van der Waals surface area (Å²) in [4.78, 5) is 4.49. The van der Waals surface area contributed by atoms with E-state index in [0.717, 1.165) is 36.6 Å². The van der Waals surface area contributed by atoms with Gasteiger partial charge in [-0.05, 0) is 48.2 Å². The van der Waals surface area contributed by atoms with Gasteiger partial charge in [-0.2, -0.15) is 0 Å². The van der Waals surface area contributed by atoms with E-state index in [1.165, 1.54) is 16.7 Å². The first-order chi connectivity index (χ1) is 15.1. The van der Waals surface area contributed by atoms with Crippen molar-refractivity contribution in [1.29, 1.82) is 0 Å². The van der Waals surface area contributed by atoms with Gasteiger partial charge in [0.2, 0.25) is 0 Å². The zero-order valence-electron chi connectivity index (χ0n) is 19.4. The number of hydrogen-bond donors (Lipinski definition) is 3. The minimum atomic E-state index is -0.182. The number of nitrogens with zero attached hydrogens (tertiary/aromatic N) is 1. The Hall–Kier alpha value is -2.28. The van der Waals surface area contributed by atoms with Crippen LogP contribution in [0.2, 0.25) is 0 Å². The molecule has 4 rings (SSSR count). The summed E-state index contributed by atoms with van der Waals surface area (Å²) >= 11 is 0. The molecule has 0 fully saturated rings. The second-order valence-electron chi connectivity index (χ2n) is 8.00. The highest BCUT2D eigenvalue weighted by atomic mass is 35.5. The normalized spacial score (nSPS) is 14.8. The number of nitrogens with one attached hydrogen (secondary N) is 2. The van der Waals surface area contributed by atoms with Crippen molar-refractivity contribution in [3.8, 4) is 5.75 Å². The summed E-state index contributed by atoms with van der Waals surface area (Å²) in [6.45, 7) is 6.46. The number of aliphatic imine (C=N–C) groups is 1. The molecule has 0 saturated heterocycles. The lowest BCUT2D eigenvalue weighted by Crippen LogP contribution is -2.33. The smallest absolute Gasteiger partial charge is 0.153 e. The molecule has 0 radical (unpaired) electrons. The van der Waals surface area contributed by atoms with Crippen LogP contribution in [0.5, 0.6) is 5.75 Å². The van der Waals surface area contributed by atoms with Gasteiger partial charge in [0.1, 0.15) is 17.3 Å². The molecule has 184 valence electrons. The molecule has 8 heteroatoms. The van der Waals surface area contributed by atoms with E-state index >= 15 is 0 Å². The fourth-order valence-corrected chi connectivity index (χ4v) is 3.73. The van der Waals surface area contributed by atoms with Crippen molar-refractivity contribution in [2.45, 2.75) is 39.1 Å². The molecule has 0 spiro atoms. The number of nitrogens with two attached hydrogens (primary N) is 1. The highest BCUT2D eigenvalue weighted by molar-refractivity contribution is 5.89. The Morgan fingerprint density at radius 1 is 0.941 bits per heavy atom. The Morgan fingerprint density at radius 2 is 1.65 bits per heavy atom. The Labute approximate surface area is 220 Å². The summed E-state index contributed by atoms with van der Waals surface area (Å²) in [5.74, 6) is 1.30. The standard InChI is InChI=1S/C26H30N4O.3ClH/c1-18-8-6-7-11-22(18)16-28-17-24(21-9-4-3-5-10-21)29-15-20-12-13-25-23(14-20)30-26(27)19(2)31-25;;;/h3-14,19,24,28-29H,15-17H2,1-2H3,(H2,27,30);3*1H. The number of aryl methyl sites for hydroxylation is 1. The fraction of sp³-hybridized carbons (Fsp3) is 0.269. The molecule has 1 aliphatic heterocycles. The molecule has 34 heavy (non-hydrogen) atoms. The van der Waals surface area contributed by atoms with Gasteiger partial charge in [0, 0.05) is 25.7 Å². The van der Waals surface area contributed by atoms with Gasteiger partial charge in [0.05, 0.1) is 0 Å². The maximum atomic E-state index is 5.96. The highest BCUT2D eigenvalue weighted by Gasteiger charge is 2.18. The van der Waals surface area contributed by atoms with E-state index < -0.39 is 0 Å². The minimum Gasteiger partial charge on any atom is -0.481 e. The van der Waals surface area contributed by atoms with Crippen molar-refractivity contribution in [2.24, 2.45) is 10.7 Å². The van der Waals surface area contributed by atoms with E-state index in [0.29, 0.717) is 5.84 Å². The monoisotopic (exact) mass is 522 g/mol. The second-order valence-corrected chi connectivity index (χ2v) is 8.00. The average Bonchev–Trinajstić information content (AvgIpc) is 2.78. The van der Waals surface area contributed by atoms with Gasteiger partial charge in [0.15, 0.2) is 6.10 Å². The van der Waals surface area contributed by atoms with Crippen molar-refractivity contribution >= 4 is 48.7 Å². The van der Waals surface area contributed by atoms with Crippen molar-refractivity contribution in [1.82, 2.24) is 10.6 Å². The summed E-state index contributed by atoms with van der Waals surface area (Å²) < 4.78 is 5.81. The third kappa shape index (κ3) is 7.62. The summed E-state index contributed by atoms with van der Waals surface area (Å²) in [7, 11) is 0. The van der Waals surface area contributed by atoms with Gasteiger partial charge in [0.25, 0.3) is 0 Å². The zero-order chi connectivity index (χ0) is 21.6. The van der Waals surface area contributed by atoms with Gasteiger partial charge in [-0.25, -0.2) is 4.99 Å². The topological polar surface area (TPSA) is 71.7 Å². The van der Waals surface area contributed by atoms with Crippen LogP contribution in [0, 0.1) is 6.92 Å². The van der Waals surface area contributed by atoms with Crippen LogP contribution in [0.1, 0.15) is 35.2 Å². The number of benzene rings is 3. The summed E-state index contributed by atoms with van der Waals surface area (Å²) in [5, 5.41) is 7.31. The van der Waals surface area contributed by atoms with Crippen molar-refractivity contribution in [3.63, 3.8) is 0 Å². The van der Waals surface area contributed by atoms with Gasteiger partial charge < -0.3 is 21.1 Å². The molecule has 1 aliphatic rings. The first-order valence-corrected chi connectivity index (χ1v) is 10.8. The molecule has 2 atom stereocenters. The minimum absolute atomic E-state index is 0. The maximum absolute atomic E-state index is 5.96. The molecule has 0 aliphatic carbocycles. The van der Waals surface area contributed by atoms with E-state index in [4.69, 9.17) is 10.5 Å². The number of rotatable bonds is 8. The lowest BCUT2D eigenvalue weighted by molar-refractivity contribution is 0.281. The van der Waals surface area contributed by atoms with Crippen molar-refractivity contribution in [3.05, 3.63) is 95.1 Å². The molecular formula is C26H33Cl3N4O. The van der Waals surface area contributed by atoms with Crippen LogP contribution in [-0.4, -0.2) is 18.5 Å². The number of ether oxygens (including phenoxy) is 1. The molecule has 1 heterocycles. The van der Waals surface area contributed by atoms with Crippen LogP contribution in [0.25, 0.3) is 0 Å². The van der Waals surface area contributed by atoms with Crippen LogP contribution >= 0.6 is 37.2 Å². The Balaban J connectivity index is 0.00000193. The van der Waals surface area contributed by atoms with Crippen molar-refractivity contribution < 1.29 is 4.74 Å². The second kappa shape index (κ2) is 14.2. The number of halogens is 3. The van der Waals surface area contributed by atoms with E-state index in [9.17, 15) is 0 Å². The van der Waals surface area contributed by atoms with Gasteiger partial charge in [-0.3, -0.25) is 0 Å². The Morgan fingerprint density at radius 3 is 2.38 bits per heavy atom. The summed E-state index contributed by atoms with van der Waals surface area (Å²) in [6.07, 6.45) is -0.182. The maximum Gasteiger partial charge on any atom is 0.153 e. The first kappa shape index (κ1) is 29.8. The fourth-order valence-electron chi connectivity index (χ4n) is 3.73. The molecule has 4 N–H and O–H groups in total. The molecule has 0 saturated carbocycles. The van der Waals surface area contributed by atoms with Gasteiger partial charge >= 0.3 is 0 Å². The molecule has 0 aromatic heterocycles.